The van der Waals surface area contributed by atoms with E-state index < -0.39 is 0 Å². The van der Waals surface area contributed by atoms with Gasteiger partial charge in [0.25, 0.3) is 5.91 Å². The fourth-order valence-electron chi connectivity index (χ4n) is 5.58. The zero-order valence-electron chi connectivity index (χ0n) is 16.1. The van der Waals surface area contributed by atoms with Crippen LogP contribution in [-0.2, 0) is 11.2 Å². The number of fused-ring (bicyclic) bond motifs is 4. The maximum atomic E-state index is 13.8. The van der Waals surface area contributed by atoms with Crippen molar-refractivity contribution in [2.45, 2.75) is 44.2 Å². The number of aromatic amines is 1. The molecule has 3 aliphatic rings. The molecule has 1 aromatic carbocycles. The van der Waals surface area contributed by atoms with Gasteiger partial charge in [-0.1, -0.05) is 12.1 Å². The first-order valence-electron chi connectivity index (χ1n) is 10.3. The molecule has 0 saturated carbocycles. The number of aromatic nitrogens is 3. The summed E-state index contributed by atoms with van der Waals surface area (Å²) in [5.74, 6) is 0.273. The molecule has 2 bridgehead atoms. The van der Waals surface area contributed by atoms with Crippen LogP contribution in [0.15, 0.2) is 30.5 Å². The summed E-state index contributed by atoms with van der Waals surface area (Å²) in [6.07, 6.45) is 5.50. The van der Waals surface area contributed by atoms with Gasteiger partial charge in [0.2, 0.25) is 5.91 Å². The summed E-state index contributed by atoms with van der Waals surface area (Å²) in [6.45, 7) is 1.22. The molecule has 2 aromatic rings. The first-order valence-corrected chi connectivity index (χ1v) is 10.3. The highest BCUT2D eigenvalue weighted by Gasteiger charge is 2.50. The predicted octanol–water partition coefficient (Wildman–Crippen LogP) is 2.03. The molecule has 4 atom stereocenters. The number of carbonyl (C=O) groups excluding carboxylic acids is 2. The van der Waals surface area contributed by atoms with Crippen molar-refractivity contribution < 1.29 is 14.0 Å². The highest BCUT2D eigenvalue weighted by Crippen LogP contribution is 2.42. The predicted molar refractivity (Wildman–Crippen MR) is 102 cm³/mol. The minimum Gasteiger partial charge on any atom is -0.336 e. The van der Waals surface area contributed by atoms with Crippen molar-refractivity contribution in [3.63, 3.8) is 0 Å². The van der Waals surface area contributed by atoms with E-state index in [1.54, 1.807) is 12.1 Å². The van der Waals surface area contributed by atoms with Crippen LogP contribution in [-0.4, -0.2) is 62.2 Å². The van der Waals surface area contributed by atoms with Gasteiger partial charge < -0.3 is 9.80 Å². The number of likely N-dealkylation sites (tertiary alicyclic amines) is 1. The summed E-state index contributed by atoms with van der Waals surface area (Å²) < 4.78 is 13.8. The van der Waals surface area contributed by atoms with Crippen LogP contribution in [0.4, 0.5) is 4.39 Å². The Morgan fingerprint density at radius 1 is 1.28 bits per heavy atom. The molecule has 7 nitrogen and oxygen atoms in total. The fourth-order valence-corrected chi connectivity index (χ4v) is 5.58. The Kier molecular flexibility index (Phi) is 4.56. The number of halogens is 1. The molecule has 0 aliphatic carbocycles. The van der Waals surface area contributed by atoms with Crippen LogP contribution in [0.3, 0.4) is 0 Å². The number of piperidine rings is 3. The van der Waals surface area contributed by atoms with E-state index in [9.17, 15) is 14.0 Å². The topological polar surface area (TPSA) is 82.2 Å². The molecule has 3 saturated heterocycles. The molecule has 0 radical (unpaired) electrons. The average Bonchev–Trinajstić information content (AvgIpc) is 3.25. The first-order chi connectivity index (χ1) is 14.1. The zero-order chi connectivity index (χ0) is 20.0. The van der Waals surface area contributed by atoms with E-state index >= 15 is 0 Å². The monoisotopic (exact) mass is 397 g/mol. The van der Waals surface area contributed by atoms with Crippen LogP contribution >= 0.6 is 0 Å². The maximum absolute atomic E-state index is 13.8. The van der Waals surface area contributed by atoms with Gasteiger partial charge in [0.15, 0.2) is 5.69 Å². The van der Waals surface area contributed by atoms with Gasteiger partial charge in [-0.15, -0.1) is 0 Å². The fraction of sp³-hybridized carbons (Fsp3) is 0.524. The number of hydrogen-bond acceptors (Lipinski definition) is 4. The van der Waals surface area contributed by atoms with Gasteiger partial charge in [-0.25, -0.2) is 4.39 Å². The van der Waals surface area contributed by atoms with Crippen molar-refractivity contribution in [3.05, 3.63) is 47.5 Å². The Labute approximate surface area is 168 Å². The second-order valence-corrected chi connectivity index (χ2v) is 8.48. The quantitative estimate of drug-likeness (QED) is 0.859. The summed E-state index contributed by atoms with van der Waals surface area (Å²) in [6, 6.07) is 6.76. The second-order valence-electron chi connectivity index (χ2n) is 8.48. The van der Waals surface area contributed by atoms with E-state index in [2.05, 4.69) is 20.3 Å². The molecule has 1 N–H and O–H groups in total. The van der Waals surface area contributed by atoms with E-state index in [1.807, 2.05) is 11.0 Å². The molecule has 0 unspecified atom stereocenters. The van der Waals surface area contributed by atoms with Crippen LogP contribution < -0.4 is 0 Å². The molecule has 3 aliphatic heterocycles. The molecule has 29 heavy (non-hydrogen) atoms. The number of benzene rings is 1. The van der Waals surface area contributed by atoms with E-state index in [0.717, 1.165) is 24.8 Å². The lowest BCUT2D eigenvalue weighted by Crippen LogP contribution is -2.66. The van der Waals surface area contributed by atoms with Crippen molar-refractivity contribution in [1.82, 2.24) is 25.2 Å². The number of amides is 2. The van der Waals surface area contributed by atoms with Gasteiger partial charge in [0, 0.05) is 31.6 Å². The Morgan fingerprint density at radius 3 is 2.93 bits per heavy atom. The van der Waals surface area contributed by atoms with Crippen LogP contribution in [0.2, 0.25) is 0 Å². The van der Waals surface area contributed by atoms with E-state index in [-0.39, 0.29) is 41.6 Å². The smallest absolute Gasteiger partial charge is 0.276 e. The number of nitrogens with one attached hydrogen (secondary N) is 1. The SMILES string of the molecule is O=C(c1cn[nH]n1)N1C[C@H]2C[C@@H](C1)[C@H](Cc1cccc(F)c1)N1C(=O)CCC[C@@H]21. The zero-order valence-corrected chi connectivity index (χ0v) is 16.1. The molecule has 0 spiro atoms. The van der Waals surface area contributed by atoms with Gasteiger partial charge in [-0.3, -0.25) is 9.59 Å². The Hall–Kier alpha value is -2.77. The van der Waals surface area contributed by atoms with Gasteiger partial charge in [-0.05, 0) is 55.2 Å². The van der Waals surface area contributed by atoms with Crippen molar-refractivity contribution >= 4 is 11.8 Å². The molecule has 2 amide bonds. The normalized spacial score (nSPS) is 28.9. The maximum Gasteiger partial charge on any atom is 0.276 e. The lowest BCUT2D eigenvalue weighted by molar-refractivity contribution is -0.151. The van der Waals surface area contributed by atoms with Gasteiger partial charge in [0.05, 0.1) is 6.20 Å². The number of hydrogen-bond donors (Lipinski definition) is 1. The molecule has 1 aromatic heterocycles. The molecule has 152 valence electrons. The Bertz CT molecular complexity index is 918. The second kappa shape index (κ2) is 7.24. The minimum atomic E-state index is -0.260. The third-order valence-electron chi connectivity index (χ3n) is 6.75. The first kappa shape index (κ1) is 18.3. The summed E-state index contributed by atoms with van der Waals surface area (Å²) in [5, 5.41) is 10.2. The highest BCUT2D eigenvalue weighted by atomic mass is 19.1. The summed E-state index contributed by atoms with van der Waals surface area (Å²) in [7, 11) is 0. The van der Waals surface area contributed by atoms with Crippen molar-refractivity contribution in [2.75, 3.05) is 13.1 Å². The standard InChI is InChI=1S/C21H24FN5O2/c22-16-4-1-3-13(7-16)8-19-15-9-14(18-5-2-6-20(28)27(18)19)11-26(12-15)21(29)17-10-23-25-24-17/h1,3-4,7,10,14-15,18-19H,2,5-6,8-9,11-12H2,(H,23,24,25)/t14-,15+,18+,19+/m1/s1. The Balaban J connectivity index is 1.45. The lowest BCUT2D eigenvalue weighted by Gasteiger charge is -2.56. The van der Waals surface area contributed by atoms with Gasteiger partial charge in [-0.2, -0.15) is 15.4 Å². The third kappa shape index (κ3) is 3.30. The molecule has 5 rings (SSSR count). The third-order valence-corrected chi connectivity index (χ3v) is 6.75. The Morgan fingerprint density at radius 2 is 2.14 bits per heavy atom. The summed E-state index contributed by atoms with van der Waals surface area (Å²) >= 11 is 0. The van der Waals surface area contributed by atoms with E-state index in [0.29, 0.717) is 31.6 Å². The number of carbonyl (C=O) groups is 2. The molecule has 3 fully saturated rings. The number of rotatable bonds is 3. The van der Waals surface area contributed by atoms with Crippen LogP contribution in [0.1, 0.15) is 41.7 Å². The highest BCUT2D eigenvalue weighted by molar-refractivity contribution is 5.92. The van der Waals surface area contributed by atoms with Crippen LogP contribution in [0.25, 0.3) is 0 Å². The van der Waals surface area contributed by atoms with Gasteiger partial charge >= 0.3 is 0 Å². The van der Waals surface area contributed by atoms with Crippen molar-refractivity contribution in [3.8, 4) is 0 Å². The molecular formula is C21H24FN5O2. The molecule has 8 heteroatoms. The van der Waals surface area contributed by atoms with E-state index in [1.165, 1.54) is 12.3 Å². The summed E-state index contributed by atoms with van der Waals surface area (Å²) in [4.78, 5) is 29.7. The average molecular weight is 397 g/mol. The van der Waals surface area contributed by atoms with Crippen molar-refractivity contribution in [1.29, 1.82) is 0 Å². The number of H-pyrrole nitrogens is 1. The lowest BCUT2D eigenvalue weighted by atomic mass is 9.70. The minimum absolute atomic E-state index is 0.0150. The van der Waals surface area contributed by atoms with E-state index in [4.69, 9.17) is 0 Å². The van der Waals surface area contributed by atoms with Crippen LogP contribution in [0, 0.1) is 17.7 Å². The molecule has 4 heterocycles. The molecular weight excluding hydrogens is 373 g/mol. The van der Waals surface area contributed by atoms with Crippen molar-refractivity contribution in [2.24, 2.45) is 11.8 Å². The van der Waals surface area contributed by atoms with Crippen LogP contribution in [0.5, 0.6) is 0 Å². The van der Waals surface area contributed by atoms with Gasteiger partial charge in [0.1, 0.15) is 5.82 Å². The summed E-state index contributed by atoms with van der Waals surface area (Å²) in [5.41, 5.74) is 1.22. The number of nitrogens with zero attached hydrogens (tertiary/aromatic N) is 4. The largest absolute Gasteiger partial charge is 0.336 e.